The van der Waals surface area contributed by atoms with Gasteiger partial charge in [0.25, 0.3) is 0 Å². The Labute approximate surface area is 89.1 Å². The van der Waals surface area contributed by atoms with Gasteiger partial charge in [-0.25, -0.2) is 13.1 Å². The van der Waals surface area contributed by atoms with E-state index in [0.717, 1.165) is 18.5 Å². The van der Waals surface area contributed by atoms with Gasteiger partial charge in [0.05, 0.1) is 4.90 Å². The summed E-state index contributed by atoms with van der Waals surface area (Å²) in [5.41, 5.74) is 6.12. The molecule has 1 aromatic rings. The van der Waals surface area contributed by atoms with E-state index in [1.165, 1.54) is 6.20 Å². The zero-order valence-corrected chi connectivity index (χ0v) is 9.18. The van der Waals surface area contributed by atoms with Crippen molar-refractivity contribution >= 4 is 10.0 Å². The first-order chi connectivity index (χ1) is 7.12. The molecule has 1 aliphatic rings. The van der Waals surface area contributed by atoms with Gasteiger partial charge in [-0.15, -0.1) is 0 Å². The first-order valence-corrected chi connectivity index (χ1v) is 6.47. The fourth-order valence-corrected chi connectivity index (χ4v) is 2.46. The molecule has 0 amide bonds. The van der Waals surface area contributed by atoms with Crippen molar-refractivity contribution in [2.24, 2.45) is 11.7 Å². The van der Waals surface area contributed by atoms with Gasteiger partial charge < -0.3 is 10.7 Å². The minimum atomic E-state index is -3.34. The van der Waals surface area contributed by atoms with Crippen molar-refractivity contribution in [3.63, 3.8) is 0 Å². The minimum Gasteiger partial charge on any atom is -0.363 e. The van der Waals surface area contributed by atoms with Gasteiger partial charge in [-0.3, -0.25) is 0 Å². The van der Waals surface area contributed by atoms with E-state index < -0.39 is 10.0 Å². The van der Waals surface area contributed by atoms with Gasteiger partial charge in [0.1, 0.15) is 0 Å². The molecule has 0 aliphatic heterocycles. The third kappa shape index (κ3) is 2.58. The number of H-pyrrole nitrogens is 1. The lowest BCUT2D eigenvalue weighted by atomic mass is 10.4. The first-order valence-electron chi connectivity index (χ1n) is 4.99. The Morgan fingerprint density at radius 2 is 2.27 bits per heavy atom. The first kappa shape index (κ1) is 10.7. The Balaban J connectivity index is 2.05. The van der Waals surface area contributed by atoms with Crippen molar-refractivity contribution in [1.29, 1.82) is 0 Å². The highest BCUT2D eigenvalue weighted by Gasteiger charge is 2.24. The number of hydrogen-bond donors (Lipinski definition) is 3. The van der Waals surface area contributed by atoms with Gasteiger partial charge in [0.15, 0.2) is 0 Å². The number of aromatic nitrogens is 1. The van der Waals surface area contributed by atoms with Crippen molar-refractivity contribution < 1.29 is 8.42 Å². The fourth-order valence-electron chi connectivity index (χ4n) is 1.32. The number of rotatable bonds is 5. The maximum atomic E-state index is 11.7. The number of hydrogen-bond acceptors (Lipinski definition) is 3. The monoisotopic (exact) mass is 229 g/mol. The van der Waals surface area contributed by atoms with Gasteiger partial charge in [-0.05, 0) is 24.8 Å². The third-order valence-electron chi connectivity index (χ3n) is 2.51. The van der Waals surface area contributed by atoms with Gasteiger partial charge in [0, 0.05) is 25.0 Å². The Morgan fingerprint density at radius 3 is 2.80 bits per heavy atom. The topological polar surface area (TPSA) is 88.0 Å². The smallest absolute Gasteiger partial charge is 0.242 e. The molecule has 0 bridgehead atoms. The van der Waals surface area contributed by atoms with Crippen molar-refractivity contribution in [3.8, 4) is 0 Å². The summed E-state index contributed by atoms with van der Waals surface area (Å²) in [6.07, 6.45) is 3.73. The lowest BCUT2D eigenvalue weighted by molar-refractivity contribution is 0.577. The van der Waals surface area contributed by atoms with E-state index in [1.807, 2.05) is 0 Å². The molecular weight excluding hydrogens is 214 g/mol. The summed E-state index contributed by atoms with van der Waals surface area (Å²) in [4.78, 5) is 3.09. The predicted octanol–water partition coefficient (Wildman–Crippen LogP) is 0.162. The van der Waals surface area contributed by atoms with E-state index in [0.29, 0.717) is 19.0 Å². The van der Waals surface area contributed by atoms with Crippen LogP contribution in [0.1, 0.15) is 18.5 Å². The zero-order chi connectivity index (χ0) is 10.9. The molecule has 0 radical (unpaired) electrons. The molecule has 1 aromatic heterocycles. The number of nitrogens with one attached hydrogen (secondary N) is 2. The molecular formula is C9H15N3O2S. The zero-order valence-electron chi connectivity index (χ0n) is 8.36. The number of nitrogens with two attached hydrogens (primary N) is 1. The Hall–Kier alpha value is -0.850. The minimum absolute atomic E-state index is 0.267. The molecule has 0 atom stereocenters. The molecule has 1 aliphatic carbocycles. The average Bonchev–Trinajstić information content (AvgIpc) is 2.90. The second-order valence-electron chi connectivity index (χ2n) is 3.86. The Kier molecular flexibility index (Phi) is 2.81. The van der Waals surface area contributed by atoms with Crippen LogP contribution in [0.5, 0.6) is 0 Å². The highest BCUT2D eigenvalue weighted by Crippen LogP contribution is 2.28. The molecule has 6 heteroatoms. The average molecular weight is 229 g/mol. The van der Waals surface area contributed by atoms with Crippen molar-refractivity contribution in [2.45, 2.75) is 24.3 Å². The SMILES string of the molecule is NCc1cc(S(=O)(=O)NCC2CC2)c[nH]1. The van der Waals surface area contributed by atoms with Crippen LogP contribution in [0, 0.1) is 5.92 Å². The summed E-state index contributed by atoms with van der Waals surface area (Å²) < 4.78 is 26.0. The van der Waals surface area contributed by atoms with Gasteiger partial charge in [-0.1, -0.05) is 0 Å². The summed E-state index contributed by atoms with van der Waals surface area (Å²) in [5, 5.41) is 0. The summed E-state index contributed by atoms with van der Waals surface area (Å²) >= 11 is 0. The number of aromatic amines is 1. The van der Waals surface area contributed by atoms with Gasteiger partial charge in [0.2, 0.25) is 10.0 Å². The van der Waals surface area contributed by atoms with E-state index in [1.54, 1.807) is 6.07 Å². The van der Waals surface area contributed by atoms with Gasteiger partial charge in [-0.2, -0.15) is 0 Å². The molecule has 5 nitrogen and oxygen atoms in total. The van der Waals surface area contributed by atoms with E-state index in [9.17, 15) is 8.42 Å². The van der Waals surface area contributed by atoms with Crippen LogP contribution in [0.2, 0.25) is 0 Å². The molecule has 2 rings (SSSR count). The molecule has 4 N–H and O–H groups in total. The fraction of sp³-hybridized carbons (Fsp3) is 0.556. The van der Waals surface area contributed by atoms with Crippen LogP contribution in [0.15, 0.2) is 17.2 Å². The quantitative estimate of drug-likeness (QED) is 0.672. The van der Waals surface area contributed by atoms with Crippen LogP contribution in [0.4, 0.5) is 0 Å². The molecule has 0 saturated heterocycles. The van der Waals surface area contributed by atoms with Crippen LogP contribution < -0.4 is 10.5 Å². The molecule has 1 heterocycles. The highest BCUT2D eigenvalue weighted by atomic mass is 32.2. The highest BCUT2D eigenvalue weighted by molar-refractivity contribution is 7.89. The van der Waals surface area contributed by atoms with Crippen LogP contribution >= 0.6 is 0 Å². The molecule has 0 unspecified atom stereocenters. The predicted molar refractivity (Wildman–Crippen MR) is 56.6 cm³/mol. The lowest BCUT2D eigenvalue weighted by Gasteiger charge is -2.02. The molecule has 1 saturated carbocycles. The van der Waals surface area contributed by atoms with Crippen LogP contribution in [-0.2, 0) is 16.6 Å². The maximum Gasteiger partial charge on any atom is 0.242 e. The molecule has 0 aromatic carbocycles. The largest absolute Gasteiger partial charge is 0.363 e. The van der Waals surface area contributed by atoms with Crippen molar-refractivity contribution in [3.05, 3.63) is 18.0 Å². The second kappa shape index (κ2) is 3.96. The normalized spacial score (nSPS) is 16.9. The Bertz CT molecular complexity index is 434. The van der Waals surface area contributed by atoms with Crippen molar-refractivity contribution in [2.75, 3.05) is 6.54 Å². The van der Waals surface area contributed by atoms with Crippen LogP contribution in [-0.4, -0.2) is 19.9 Å². The summed E-state index contributed by atoms with van der Waals surface area (Å²) in [7, 11) is -3.34. The molecule has 1 fully saturated rings. The molecule has 84 valence electrons. The lowest BCUT2D eigenvalue weighted by Crippen LogP contribution is -2.25. The van der Waals surface area contributed by atoms with E-state index >= 15 is 0 Å². The molecule has 0 spiro atoms. The summed E-state index contributed by atoms with van der Waals surface area (Å²) in [6.45, 7) is 0.865. The Morgan fingerprint density at radius 1 is 1.53 bits per heavy atom. The summed E-state index contributed by atoms with van der Waals surface area (Å²) in [6, 6.07) is 1.56. The standard InChI is InChI=1S/C9H15N3O2S/c10-4-8-3-9(6-11-8)15(13,14)12-5-7-1-2-7/h3,6-7,11-12H,1-2,4-5,10H2. The summed E-state index contributed by atoms with van der Waals surface area (Å²) in [5.74, 6) is 0.535. The van der Waals surface area contributed by atoms with E-state index in [2.05, 4.69) is 9.71 Å². The van der Waals surface area contributed by atoms with E-state index in [4.69, 9.17) is 5.73 Å². The maximum absolute atomic E-state index is 11.7. The third-order valence-corrected chi connectivity index (χ3v) is 3.91. The van der Waals surface area contributed by atoms with Crippen molar-refractivity contribution in [1.82, 2.24) is 9.71 Å². The number of sulfonamides is 1. The second-order valence-corrected chi connectivity index (χ2v) is 5.63. The molecule has 15 heavy (non-hydrogen) atoms. The van der Waals surface area contributed by atoms with E-state index in [-0.39, 0.29) is 4.90 Å². The van der Waals surface area contributed by atoms with Gasteiger partial charge >= 0.3 is 0 Å². The van der Waals surface area contributed by atoms with Crippen LogP contribution in [0.3, 0.4) is 0 Å². The van der Waals surface area contributed by atoms with Crippen LogP contribution in [0.25, 0.3) is 0 Å².